The summed E-state index contributed by atoms with van der Waals surface area (Å²) in [7, 11) is 0. The van der Waals surface area contributed by atoms with Gasteiger partial charge >= 0.3 is 5.97 Å². The standard InChI is InChI=1S/C23H29NO2/c1-17(23(25)26)16-20-7-11-22(12-8-20)21-9-5-19(6-10-21)13-15-24-14-3-4-18(24)2/h5-12,17-18H,3-4,13-16H2,1-2H3,(H,25,26)/t17-,18?/m1/s1. The molecule has 3 nitrogen and oxygen atoms in total. The van der Waals surface area contributed by atoms with Gasteiger partial charge in [-0.25, -0.2) is 0 Å². The lowest BCUT2D eigenvalue weighted by Crippen LogP contribution is -2.28. The lowest BCUT2D eigenvalue weighted by molar-refractivity contribution is -0.141. The minimum atomic E-state index is -0.743. The molecule has 138 valence electrons. The van der Waals surface area contributed by atoms with E-state index in [0.717, 1.165) is 24.6 Å². The predicted molar refractivity (Wildman–Crippen MR) is 106 cm³/mol. The van der Waals surface area contributed by atoms with E-state index in [1.54, 1.807) is 6.92 Å². The van der Waals surface area contributed by atoms with E-state index in [2.05, 4.69) is 48.2 Å². The molecule has 2 atom stereocenters. The number of benzene rings is 2. The zero-order chi connectivity index (χ0) is 18.5. The molecule has 3 rings (SSSR count). The van der Waals surface area contributed by atoms with E-state index in [-0.39, 0.29) is 5.92 Å². The summed E-state index contributed by atoms with van der Waals surface area (Å²) in [4.78, 5) is 13.6. The highest BCUT2D eigenvalue weighted by Crippen LogP contribution is 2.22. The molecule has 26 heavy (non-hydrogen) atoms. The lowest BCUT2D eigenvalue weighted by Gasteiger charge is -2.20. The van der Waals surface area contributed by atoms with Crippen LogP contribution in [-0.4, -0.2) is 35.1 Å². The summed E-state index contributed by atoms with van der Waals surface area (Å²) < 4.78 is 0. The lowest BCUT2D eigenvalue weighted by atomic mass is 9.97. The fraction of sp³-hybridized carbons (Fsp3) is 0.435. The van der Waals surface area contributed by atoms with Gasteiger partial charge in [0.15, 0.2) is 0 Å². The van der Waals surface area contributed by atoms with Gasteiger partial charge in [0.1, 0.15) is 0 Å². The van der Waals surface area contributed by atoms with E-state index >= 15 is 0 Å². The third-order valence-electron chi connectivity index (χ3n) is 5.58. The number of carbonyl (C=O) groups is 1. The Morgan fingerprint density at radius 3 is 2.15 bits per heavy atom. The monoisotopic (exact) mass is 351 g/mol. The summed E-state index contributed by atoms with van der Waals surface area (Å²) in [5.41, 5.74) is 4.84. The Kier molecular flexibility index (Phi) is 6.10. The molecule has 1 N–H and O–H groups in total. The van der Waals surface area contributed by atoms with E-state index in [9.17, 15) is 4.79 Å². The molecule has 1 unspecified atom stereocenters. The van der Waals surface area contributed by atoms with Gasteiger partial charge in [-0.05, 0) is 61.4 Å². The van der Waals surface area contributed by atoms with Crippen LogP contribution in [0.2, 0.25) is 0 Å². The van der Waals surface area contributed by atoms with Crippen molar-refractivity contribution in [1.82, 2.24) is 4.90 Å². The third-order valence-corrected chi connectivity index (χ3v) is 5.58. The van der Waals surface area contributed by atoms with Crippen LogP contribution in [0.25, 0.3) is 11.1 Å². The van der Waals surface area contributed by atoms with Gasteiger partial charge in [-0.3, -0.25) is 4.79 Å². The molecule has 0 aromatic heterocycles. The summed E-state index contributed by atoms with van der Waals surface area (Å²) in [6.45, 7) is 6.47. The predicted octanol–water partition coefficient (Wildman–Crippen LogP) is 4.64. The van der Waals surface area contributed by atoms with Crippen molar-refractivity contribution in [2.75, 3.05) is 13.1 Å². The highest BCUT2D eigenvalue weighted by molar-refractivity contribution is 5.70. The Bertz CT molecular complexity index is 721. The van der Waals surface area contributed by atoms with Crippen LogP contribution in [0.4, 0.5) is 0 Å². The van der Waals surface area contributed by atoms with Crippen LogP contribution in [0.1, 0.15) is 37.8 Å². The van der Waals surface area contributed by atoms with E-state index < -0.39 is 5.97 Å². The maximum absolute atomic E-state index is 11.0. The van der Waals surface area contributed by atoms with Crippen molar-refractivity contribution in [3.05, 3.63) is 59.7 Å². The van der Waals surface area contributed by atoms with Gasteiger partial charge in [0.05, 0.1) is 5.92 Å². The molecular formula is C23H29NO2. The minimum absolute atomic E-state index is 0.349. The summed E-state index contributed by atoms with van der Waals surface area (Å²) in [5, 5.41) is 9.03. The largest absolute Gasteiger partial charge is 0.481 e. The molecule has 3 heteroatoms. The van der Waals surface area contributed by atoms with Crippen LogP contribution in [0.3, 0.4) is 0 Å². The average Bonchev–Trinajstić information content (AvgIpc) is 3.06. The molecule has 1 aliphatic rings. The van der Waals surface area contributed by atoms with Gasteiger partial charge in [-0.2, -0.15) is 0 Å². The highest BCUT2D eigenvalue weighted by atomic mass is 16.4. The highest BCUT2D eigenvalue weighted by Gasteiger charge is 2.19. The molecule has 1 aliphatic heterocycles. The molecule has 1 heterocycles. The maximum atomic E-state index is 11.0. The molecule has 0 amide bonds. The van der Waals surface area contributed by atoms with Crippen LogP contribution in [-0.2, 0) is 17.6 Å². The van der Waals surface area contributed by atoms with E-state index in [1.807, 2.05) is 12.1 Å². The third kappa shape index (κ3) is 4.73. The van der Waals surface area contributed by atoms with Crippen molar-refractivity contribution in [2.45, 2.75) is 45.6 Å². The molecule has 2 aromatic rings. The molecule has 0 saturated carbocycles. The van der Waals surface area contributed by atoms with E-state index in [1.165, 1.54) is 36.1 Å². The second kappa shape index (κ2) is 8.50. The number of aliphatic carboxylic acids is 1. The Labute approximate surface area is 156 Å². The second-order valence-corrected chi connectivity index (χ2v) is 7.61. The first-order valence-corrected chi connectivity index (χ1v) is 9.68. The Hall–Kier alpha value is -2.13. The smallest absolute Gasteiger partial charge is 0.306 e. The van der Waals surface area contributed by atoms with E-state index in [0.29, 0.717) is 6.42 Å². The first kappa shape index (κ1) is 18.7. The van der Waals surface area contributed by atoms with Crippen LogP contribution in [0.15, 0.2) is 48.5 Å². The number of rotatable bonds is 7. The SMILES string of the molecule is CC1CCCN1CCc1ccc(-c2ccc(C[C@@H](C)C(=O)O)cc2)cc1. The number of likely N-dealkylation sites (tertiary alicyclic amines) is 1. The van der Waals surface area contributed by atoms with Crippen molar-refractivity contribution in [3.63, 3.8) is 0 Å². The first-order chi connectivity index (χ1) is 12.5. The Balaban J connectivity index is 1.58. The number of carboxylic acids is 1. The zero-order valence-electron chi connectivity index (χ0n) is 15.8. The first-order valence-electron chi connectivity index (χ1n) is 9.68. The zero-order valence-corrected chi connectivity index (χ0v) is 15.8. The molecular weight excluding hydrogens is 322 g/mol. The van der Waals surface area contributed by atoms with Gasteiger partial charge in [0, 0.05) is 12.6 Å². The second-order valence-electron chi connectivity index (χ2n) is 7.61. The van der Waals surface area contributed by atoms with Crippen molar-refractivity contribution in [2.24, 2.45) is 5.92 Å². The molecule has 2 aromatic carbocycles. The van der Waals surface area contributed by atoms with Crippen LogP contribution in [0.5, 0.6) is 0 Å². The number of hydrogen-bond acceptors (Lipinski definition) is 2. The van der Waals surface area contributed by atoms with Crippen molar-refractivity contribution >= 4 is 5.97 Å². The number of hydrogen-bond donors (Lipinski definition) is 1. The van der Waals surface area contributed by atoms with Gasteiger partial charge in [0.25, 0.3) is 0 Å². The molecule has 1 fully saturated rings. The fourth-order valence-electron chi connectivity index (χ4n) is 3.74. The summed E-state index contributed by atoms with van der Waals surface area (Å²) in [6, 6.07) is 17.8. The van der Waals surface area contributed by atoms with Gasteiger partial charge < -0.3 is 10.0 Å². The molecule has 0 bridgehead atoms. The van der Waals surface area contributed by atoms with Crippen molar-refractivity contribution in [1.29, 1.82) is 0 Å². The molecule has 0 spiro atoms. The normalized spacial score (nSPS) is 18.8. The van der Waals surface area contributed by atoms with Crippen LogP contribution >= 0.6 is 0 Å². The van der Waals surface area contributed by atoms with Gasteiger partial charge in [-0.15, -0.1) is 0 Å². The topological polar surface area (TPSA) is 40.5 Å². The summed E-state index contributed by atoms with van der Waals surface area (Å²) >= 11 is 0. The maximum Gasteiger partial charge on any atom is 0.306 e. The summed E-state index contributed by atoms with van der Waals surface area (Å²) in [6.07, 6.45) is 4.35. The molecule has 0 radical (unpaired) electrons. The van der Waals surface area contributed by atoms with Crippen molar-refractivity contribution in [3.8, 4) is 11.1 Å². The van der Waals surface area contributed by atoms with Gasteiger partial charge in [0.2, 0.25) is 0 Å². The Morgan fingerprint density at radius 1 is 1.08 bits per heavy atom. The van der Waals surface area contributed by atoms with Crippen molar-refractivity contribution < 1.29 is 9.90 Å². The average molecular weight is 351 g/mol. The fourth-order valence-corrected chi connectivity index (χ4v) is 3.74. The Morgan fingerprint density at radius 2 is 1.65 bits per heavy atom. The quantitative estimate of drug-likeness (QED) is 0.790. The van der Waals surface area contributed by atoms with Gasteiger partial charge in [-0.1, -0.05) is 55.5 Å². The summed E-state index contributed by atoms with van der Waals surface area (Å²) in [5.74, 6) is -1.09. The number of nitrogens with zero attached hydrogens (tertiary/aromatic N) is 1. The molecule has 0 aliphatic carbocycles. The number of carboxylic acid groups (broad SMARTS) is 1. The van der Waals surface area contributed by atoms with Crippen LogP contribution < -0.4 is 0 Å². The molecule has 1 saturated heterocycles. The minimum Gasteiger partial charge on any atom is -0.481 e. The van der Waals surface area contributed by atoms with Crippen LogP contribution in [0, 0.1) is 5.92 Å². The van der Waals surface area contributed by atoms with E-state index in [4.69, 9.17) is 5.11 Å².